The summed E-state index contributed by atoms with van der Waals surface area (Å²) in [5.41, 5.74) is 0.569. The predicted octanol–water partition coefficient (Wildman–Crippen LogP) is 2.44. The van der Waals surface area contributed by atoms with Crippen LogP contribution in [0, 0.1) is 0 Å². The Bertz CT molecular complexity index is 412. The van der Waals surface area contributed by atoms with Crippen LogP contribution in [-0.2, 0) is 0 Å². The topological polar surface area (TPSA) is 51.8 Å². The number of hydrogen-bond donors (Lipinski definition) is 0. The van der Waals surface area contributed by atoms with Crippen molar-refractivity contribution in [1.82, 2.24) is 15.1 Å². The second-order valence-electron chi connectivity index (χ2n) is 2.23. The van der Waals surface area contributed by atoms with Crippen LogP contribution in [-0.4, -0.2) is 15.1 Å². The third kappa shape index (κ3) is 1.79. The summed E-state index contributed by atoms with van der Waals surface area (Å²) in [7, 11) is 0. The largest absolute Gasteiger partial charge is 0.321 e. The molecule has 2 aromatic heterocycles. The van der Waals surface area contributed by atoms with Crippen LogP contribution in [0.1, 0.15) is 0 Å². The van der Waals surface area contributed by atoms with E-state index >= 15 is 0 Å². The zero-order chi connectivity index (χ0) is 9.26. The van der Waals surface area contributed by atoms with Crippen molar-refractivity contribution in [3.8, 4) is 11.5 Å². The van der Waals surface area contributed by atoms with Gasteiger partial charge in [-0.3, -0.25) is 4.98 Å². The van der Waals surface area contributed by atoms with Gasteiger partial charge in [0.25, 0.3) is 0 Å². The molecule has 0 aromatic carbocycles. The average molecular weight is 216 g/mol. The summed E-state index contributed by atoms with van der Waals surface area (Å²) in [5, 5.41) is 4.14. The predicted molar refractivity (Wildman–Crippen MR) is 47.5 cm³/mol. The van der Waals surface area contributed by atoms with E-state index in [0.29, 0.717) is 16.5 Å². The molecule has 0 saturated heterocycles. The van der Waals surface area contributed by atoms with Gasteiger partial charge in [-0.15, -0.1) is 0 Å². The highest BCUT2D eigenvalue weighted by Crippen LogP contribution is 2.16. The zero-order valence-electron chi connectivity index (χ0n) is 6.24. The molecular weight excluding hydrogens is 213 g/mol. The van der Waals surface area contributed by atoms with Crippen molar-refractivity contribution >= 4 is 23.2 Å². The van der Waals surface area contributed by atoms with Crippen LogP contribution < -0.4 is 0 Å². The Morgan fingerprint density at radius 3 is 2.62 bits per heavy atom. The third-order valence-corrected chi connectivity index (χ3v) is 1.73. The van der Waals surface area contributed by atoms with Crippen molar-refractivity contribution in [3.63, 3.8) is 0 Å². The van der Waals surface area contributed by atoms with Gasteiger partial charge in [0.15, 0.2) is 0 Å². The Morgan fingerprint density at radius 2 is 2.08 bits per heavy atom. The first kappa shape index (κ1) is 8.47. The maximum Gasteiger partial charge on any atom is 0.320 e. The third-order valence-electron chi connectivity index (χ3n) is 1.36. The molecule has 0 N–H and O–H groups in total. The molecule has 2 heterocycles. The van der Waals surface area contributed by atoms with Crippen LogP contribution in [0.4, 0.5) is 0 Å². The van der Waals surface area contributed by atoms with Gasteiger partial charge in [0.1, 0.15) is 5.69 Å². The van der Waals surface area contributed by atoms with Gasteiger partial charge >= 0.3 is 5.35 Å². The molecule has 2 aromatic rings. The molecule has 0 aliphatic carbocycles. The standard InChI is InChI=1S/C7H3Cl2N3O/c8-4-1-2-5(10-3-4)6-11-7(9)13-12-6/h1-3H. The lowest BCUT2D eigenvalue weighted by Gasteiger charge is -1.91. The zero-order valence-corrected chi connectivity index (χ0v) is 7.75. The first-order valence-electron chi connectivity index (χ1n) is 3.37. The molecule has 0 atom stereocenters. The quantitative estimate of drug-likeness (QED) is 0.734. The molecule has 66 valence electrons. The summed E-state index contributed by atoms with van der Waals surface area (Å²) in [6.45, 7) is 0. The monoisotopic (exact) mass is 215 g/mol. The highest BCUT2D eigenvalue weighted by atomic mass is 35.5. The highest BCUT2D eigenvalue weighted by molar-refractivity contribution is 6.30. The molecule has 0 amide bonds. The summed E-state index contributed by atoms with van der Waals surface area (Å²) in [5.74, 6) is 0.349. The van der Waals surface area contributed by atoms with Crippen LogP contribution in [0.2, 0.25) is 10.4 Å². The minimum Gasteiger partial charge on any atom is -0.321 e. The summed E-state index contributed by atoms with van der Waals surface area (Å²) in [4.78, 5) is 7.78. The normalized spacial score (nSPS) is 10.3. The van der Waals surface area contributed by atoms with Gasteiger partial charge in [-0.2, -0.15) is 4.98 Å². The van der Waals surface area contributed by atoms with E-state index in [1.54, 1.807) is 12.1 Å². The van der Waals surface area contributed by atoms with Gasteiger partial charge in [-0.1, -0.05) is 16.8 Å². The minimum absolute atomic E-state index is 0.00764. The lowest BCUT2D eigenvalue weighted by molar-refractivity contribution is 0.420. The molecule has 0 aliphatic heterocycles. The number of hydrogen-bond acceptors (Lipinski definition) is 4. The van der Waals surface area contributed by atoms with Crippen molar-refractivity contribution in [2.24, 2.45) is 0 Å². The first-order valence-corrected chi connectivity index (χ1v) is 4.12. The van der Waals surface area contributed by atoms with Gasteiger partial charge in [0.2, 0.25) is 5.82 Å². The van der Waals surface area contributed by atoms with Gasteiger partial charge < -0.3 is 4.52 Å². The molecular formula is C7H3Cl2N3O. The number of halogens is 2. The van der Waals surface area contributed by atoms with Crippen molar-refractivity contribution < 1.29 is 4.52 Å². The smallest absolute Gasteiger partial charge is 0.320 e. The van der Waals surface area contributed by atoms with E-state index in [1.165, 1.54) is 6.20 Å². The molecule has 0 saturated carbocycles. The van der Waals surface area contributed by atoms with E-state index in [0.717, 1.165) is 0 Å². The summed E-state index contributed by atoms with van der Waals surface area (Å²) < 4.78 is 4.58. The summed E-state index contributed by atoms with van der Waals surface area (Å²) in [6, 6.07) is 3.37. The highest BCUT2D eigenvalue weighted by Gasteiger charge is 2.06. The Morgan fingerprint density at radius 1 is 1.23 bits per heavy atom. The van der Waals surface area contributed by atoms with Gasteiger partial charge in [-0.05, 0) is 23.7 Å². The van der Waals surface area contributed by atoms with Crippen LogP contribution in [0.25, 0.3) is 11.5 Å². The first-order chi connectivity index (χ1) is 6.25. The Kier molecular flexibility index (Phi) is 2.16. The van der Waals surface area contributed by atoms with E-state index in [4.69, 9.17) is 23.2 Å². The molecule has 6 heteroatoms. The van der Waals surface area contributed by atoms with Crippen LogP contribution >= 0.6 is 23.2 Å². The Labute approximate surface area is 83.5 Å². The molecule has 0 unspecified atom stereocenters. The van der Waals surface area contributed by atoms with Crippen molar-refractivity contribution in [2.45, 2.75) is 0 Å². The van der Waals surface area contributed by atoms with Crippen molar-refractivity contribution in [1.29, 1.82) is 0 Å². The molecule has 13 heavy (non-hydrogen) atoms. The lowest BCUT2D eigenvalue weighted by Crippen LogP contribution is -1.83. The maximum absolute atomic E-state index is 5.65. The second kappa shape index (κ2) is 3.32. The fraction of sp³-hybridized carbons (Fsp3) is 0. The SMILES string of the molecule is Clc1ccc(-c2noc(Cl)n2)nc1. The second-order valence-corrected chi connectivity index (χ2v) is 2.99. The Balaban J connectivity index is 2.41. The lowest BCUT2D eigenvalue weighted by atomic mass is 10.3. The van der Waals surface area contributed by atoms with E-state index in [9.17, 15) is 0 Å². The molecule has 0 bridgehead atoms. The fourth-order valence-electron chi connectivity index (χ4n) is 0.817. The van der Waals surface area contributed by atoms with E-state index in [1.807, 2.05) is 0 Å². The summed E-state index contributed by atoms with van der Waals surface area (Å²) >= 11 is 11.1. The van der Waals surface area contributed by atoms with Crippen molar-refractivity contribution in [2.75, 3.05) is 0 Å². The average Bonchev–Trinajstić information content (AvgIpc) is 2.53. The van der Waals surface area contributed by atoms with E-state index in [2.05, 4.69) is 19.6 Å². The Hall–Kier alpha value is -1.13. The van der Waals surface area contributed by atoms with Crippen molar-refractivity contribution in [3.05, 3.63) is 28.7 Å². The van der Waals surface area contributed by atoms with E-state index in [-0.39, 0.29) is 5.35 Å². The fourth-order valence-corrected chi connectivity index (χ4v) is 1.04. The van der Waals surface area contributed by atoms with E-state index < -0.39 is 0 Å². The van der Waals surface area contributed by atoms with Gasteiger partial charge in [-0.25, -0.2) is 0 Å². The summed E-state index contributed by atoms with van der Waals surface area (Å²) in [6.07, 6.45) is 1.50. The minimum atomic E-state index is -0.00764. The van der Waals surface area contributed by atoms with Crippen LogP contribution in [0.15, 0.2) is 22.9 Å². The van der Waals surface area contributed by atoms with Gasteiger partial charge in [0.05, 0.1) is 5.02 Å². The van der Waals surface area contributed by atoms with Crippen LogP contribution in [0.5, 0.6) is 0 Å². The van der Waals surface area contributed by atoms with Crippen LogP contribution in [0.3, 0.4) is 0 Å². The maximum atomic E-state index is 5.65. The molecule has 0 radical (unpaired) electrons. The molecule has 0 spiro atoms. The molecule has 2 rings (SSSR count). The van der Waals surface area contributed by atoms with Gasteiger partial charge in [0, 0.05) is 6.20 Å². The number of pyridine rings is 1. The number of aromatic nitrogens is 3. The molecule has 0 fully saturated rings. The molecule has 4 nitrogen and oxygen atoms in total. The molecule has 0 aliphatic rings. The number of rotatable bonds is 1. The number of nitrogens with zero attached hydrogens (tertiary/aromatic N) is 3.